The Morgan fingerprint density at radius 3 is 2.66 bits per heavy atom. The van der Waals surface area contributed by atoms with Crippen molar-refractivity contribution in [2.45, 2.75) is 96.6 Å². The van der Waals surface area contributed by atoms with Gasteiger partial charge in [0.05, 0.1) is 17.4 Å². The van der Waals surface area contributed by atoms with E-state index in [0.717, 1.165) is 54.9 Å². The molecule has 32 heavy (non-hydrogen) atoms. The number of nitrogens with zero attached hydrogens (tertiary/aromatic N) is 3. The van der Waals surface area contributed by atoms with E-state index in [-0.39, 0.29) is 5.60 Å². The van der Waals surface area contributed by atoms with Crippen molar-refractivity contribution in [2.75, 3.05) is 0 Å². The van der Waals surface area contributed by atoms with Gasteiger partial charge in [-0.3, -0.25) is 4.68 Å². The third-order valence-corrected chi connectivity index (χ3v) is 11.4. The maximum absolute atomic E-state index is 11.2. The molecule has 5 fully saturated rings. The van der Waals surface area contributed by atoms with Gasteiger partial charge in [-0.2, -0.15) is 10.4 Å². The molecule has 1 heterocycles. The summed E-state index contributed by atoms with van der Waals surface area (Å²) in [6, 6.07) is 2.21. The predicted molar refractivity (Wildman–Crippen MR) is 124 cm³/mol. The summed E-state index contributed by atoms with van der Waals surface area (Å²) in [4.78, 5) is 0. The third kappa shape index (κ3) is 3.29. The molecule has 0 bridgehead atoms. The molecule has 1 N–H and O–H groups in total. The fraction of sp³-hybridized carbons (Fsp3) is 0.857. The Bertz CT molecular complexity index is 899. The summed E-state index contributed by atoms with van der Waals surface area (Å²) in [5.41, 5.74) is 0.844. The van der Waals surface area contributed by atoms with Crippen LogP contribution in [0, 0.1) is 64.1 Å². The molecular formula is C28H41N3O. The smallest absolute Gasteiger partial charge is 0.102 e. The average Bonchev–Trinajstić information content (AvgIpc) is 3.46. The first kappa shape index (κ1) is 21.2. The quantitative estimate of drug-likeness (QED) is 0.650. The summed E-state index contributed by atoms with van der Waals surface area (Å²) < 4.78 is 2.00. The van der Waals surface area contributed by atoms with Gasteiger partial charge in [-0.25, -0.2) is 0 Å². The van der Waals surface area contributed by atoms with Crippen LogP contribution in [-0.4, -0.2) is 20.5 Å². The zero-order valence-corrected chi connectivity index (χ0v) is 20.0. The molecule has 0 aromatic carbocycles. The van der Waals surface area contributed by atoms with Gasteiger partial charge in [-0.05, 0) is 123 Å². The van der Waals surface area contributed by atoms with Gasteiger partial charge in [-0.1, -0.05) is 13.8 Å². The Balaban J connectivity index is 1.15. The Morgan fingerprint density at radius 1 is 1.09 bits per heavy atom. The molecule has 174 valence electrons. The Morgan fingerprint density at radius 2 is 1.91 bits per heavy atom. The number of fused-ring (bicyclic) bond motifs is 5. The monoisotopic (exact) mass is 435 g/mol. The summed E-state index contributed by atoms with van der Waals surface area (Å²) >= 11 is 0. The molecule has 5 aliphatic carbocycles. The molecule has 0 aliphatic heterocycles. The number of aliphatic hydroxyl groups is 1. The summed E-state index contributed by atoms with van der Waals surface area (Å²) in [5, 5.41) is 24.8. The summed E-state index contributed by atoms with van der Waals surface area (Å²) in [6.07, 6.45) is 18.0. The van der Waals surface area contributed by atoms with Crippen molar-refractivity contribution < 1.29 is 5.11 Å². The molecule has 4 nitrogen and oxygen atoms in total. The van der Waals surface area contributed by atoms with Crippen LogP contribution in [0.3, 0.4) is 0 Å². The van der Waals surface area contributed by atoms with Crippen molar-refractivity contribution in [3.05, 3.63) is 18.0 Å². The fourth-order valence-electron chi connectivity index (χ4n) is 9.82. The van der Waals surface area contributed by atoms with Crippen LogP contribution >= 0.6 is 0 Å². The fourth-order valence-corrected chi connectivity index (χ4v) is 9.82. The van der Waals surface area contributed by atoms with Crippen LogP contribution in [0.15, 0.2) is 12.4 Å². The number of hydrogen-bond donors (Lipinski definition) is 1. The number of nitriles is 1. The molecule has 5 saturated carbocycles. The lowest BCUT2D eigenvalue weighted by atomic mass is 9.48. The molecular weight excluding hydrogens is 394 g/mol. The predicted octanol–water partition coefficient (Wildman–Crippen LogP) is 5.80. The van der Waals surface area contributed by atoms with Crippen LogP contribution in [0.2, 0.25) is 0 Å². The lowest BCUT2D eigenvalue weighted by molar-refractivity contribution is -0.115. The van der Waals surface area contributed by atoms with Crippen molar-refractivity contribution in [1.29, 1.82) is 5.26 Å². The first-order chi connectivity index (χ1) is 15.4. The van der Waals surface area contributed by atoms with Crippen molar-refractivity contribution in [2.24, 2.45) is 52.8 Å². The second-order valence-corrected chi connectivity index (χ2v) is 12.8. The van der Waals surface area contributed by atoms with E-state index in [1.165, 1.54) is 57.8 Å². The zero-order valence-electron chi connectivity index (χ0n) is 20.0. The summed E-state index contributed by atoms with van der Waals surface area (Å²) in [6.45, 7) is 5.99. The SMILES string of the molecule is C[C@@H](Cn1cc(C#N)cn1)C1CC[C@H]2[C@@H]3CC[C@@H]4C[C@@](O)(C5CC5)CC[C@@H]4[C@H]3CC[C@]12C. The van der Waals surface area contributed by atoms with Crippen LogP contribution in [0.5, 0.6) is 0 Å². The van der Waals surface area contributed by atoms with Gasteiger partial charge in [0.1, 0.15) is 6.07 Å². The Kier molecular flexibility index (Phi) is 5.03. The van der Waals surface area contributed by atoms with E-state index in [9.17, 15) is 5.11 Å². The molecule has 1 aromatic heterocycles. The number of hydrogen-bond acceptors (Lipinski definition) is 3. The summed E-state index contributed by atoms with van der Waals surface area (Å²) in [7, 11) is 0. The van der Waals surface area contributed by atoms with Gasteiger partial charge in [0.25, 0.3) is 0 Å². The number of rotatable bonds is 4. The lowest BCUT2D eigenvalue weighted by Crippen LogP contribution is -2.51. The minimum atomic E-state index is -0.303. The molecule has 1 aromatic rings. The molecule has 6 rings (SSSR count). The topological polar surface area (TPSA) is 61.8 Å². The molecule has 5 aliphatic rings. The van der Waals surface area contributed by atoms with Gasteiger partial charge >= 0.3 is 0 Å². The average molecular weight is 436 g/mol. The van der Waals surface area contributed by atoms with Gasteiger partial charge in [0, 0.05) is 12.7 Å². The minimum Gasteiger partial charge on any atom is -0.390 e. The lowest BCUT2D eigenvalue weighted by Gasteiger charge is -2.57. The van der Waals surface area contributed by atoms with Crippen LogP contribution < -0.4 is 0 Å². The van der Waals surface area contributed by atoms with E-state index in [2.05, 4.69) is 25.0 Å². The number of aromatic nitrogens is 2. The highest BCUT2D eigenvalue weighted by Crippen LogP contribution is 2.66. The highest BCUT2D eigenvalue weighted by Gasteiger charge is 2.59. The first-order valence-electron chi connectivity index (χ1n) is 13.6. The van der Waals surface area contributed by atoms with Gasteiger partial charge in [0.2, 0.25) is 0 Å². The standard InChI is InChI=1S/C28H41N3O/c1-18(16-31-17-19(14-29)15-30-31)25-7-8-26-24-6-3-20-13-28(32,21-4-5-21)12-10-22(20)23(24)9-11-27(25,26)2/h15,17-18,20-26,32H,3-13,16H2,1-2H3/t18-,20+,22-,23+,24+,25?,26-,27+,28+/m0/s1. The van der Waals surface area contributed by atoms with Crippen molar-refractivity contribution >= 4 is 0 Å². The Hall–Kier alpha value is -1.34. The van der Waals surface area contributed by atoms with Crippen LogP contribution in [-0.2, 0) is 6.54 Å². The molecule has 4 heteroatoms. The molecule has 1 unspecified atom stereocenters. The highest BCUT2D eigenvalue weighted by molar-refractivity contribution is 5.21. The van der Waals surface area contributed by atoms with E-state index >= 15 is 0 Å². The van der Waals surface area contributed by atoms with Gasteiger partial charge in [-0.15, -0.1) is 0 Å². The Labute approximate surface area is 193 Å². The summed E-state index contributed by atoms with van der Waals surface area (Å²) in [5.74, 6) is 6.44. The van der Waals surface area contributed by atoms with Crippen molar-refractivity contribution in [3.63, 3.8) is 0 Å². The normalized spacial score (nSPS) is 46.6. The largest absolute Gasteiger partial charge is 0.390 e. The molecule has 0 saturated heterocycles. The minimum absolute atomic E-state index is 0.303. The van der Waals surface area contributed by atoms with Gasteiger partial charge < -0.3 is 5.11 Å². The highest BCUT2D eigenvalue weighted by atomic mass is 16.3. The van der Waals surface area contributed by atoms with E-state index in [4.69, 9.17) is 5.26 Å². The van der Waals surface area contributed by atoms with Crippen LogP contribution in [0.25, 0.3) is 0 Å². The molecule has 0 radical (unpaired) electrons. The molecule has 9 atom stereocenters. The maximum atomic E-state index is 11.2. The van der Waals surface area contributed by atoms with E-state index in [1.807, 2.05) is 10.9 Å². The van der Waals surface area contributed by atoms with Crippen LogP contribution in [0.1, 0.15) is 90.0 Å². The van der Waals surface area contributed by atoms with Gasteiger partial charge in [0.15, 0.2) is 0 Å². The van der Waals surface area contributed by atoms with E-state index < -0.39 is 0 Å². The first-order valence-corrected chi connectivity index (χ1v) is 13.6. The van der Waals surface area contributed by atoms with Crippen molar-refractivity contribution in [3.8, 4) is 6.07 Å². The second kappa shape index (κ2) is 7.59. The van der Waals surface area contributed by atoms with E-state index in [0.29, 0.717) is 22.8 Å². The third-order valence-electron chi connectivity index (χ3n) is 11.4. The van der Waals surface area contributed by atoms with E-state index in [1.54, 1.807) is 6.20 Å². The maximum Gasteiger partial charge on any atom is 0.102 e. The molecule has 0 spiro atoms. The van der Waals surface area contributed by atoms with Crippen LogP contribution in [0.4, 0.5) is 0 Å². The zero-order chi connectivity index (χ0) is 22.1. The second-order valence-electron chi connectivity index (χ2n) is 12.8. The van der Waals surface area contributed by atoms with Crippen molar-refractivity contribution in [1.82, 2.24) is 9.78 Å². The molecule has 0 amide bonds.